The van der Waals surface area contributed by atoms with E-state index in [9.17, 15) is 0 Å². The van der Waals surface area contributed by atoms with Gasteiger partial charge in [0.25, 0.3) is 0 Å². The average Bonchev–Trinajstić information content (AvgIpc) is 2.73. The van der Waals surface area contributed by atoms with E-state index in [1.165, 1.54) is 25.1 Å². The highest BCUT2D eigenvalue weighted by atomic mass is 15.2. The molecular formula is C12H20N2. The number of allylic oxidation sites excluding steroid dienone is 1. The van der Waals surface area contributed by atoms with Crippen molar-refractivity contribution in [3.8, 4) is 0 Å². The molecule has 0 aromatic carbocycles. The van der Waals surface area contributed by atoms with Gasteiger partial charge in [-0.05, 0) is 51.3 Å². The van der Waals surface area contributed by atoms with Crippen LogP contribution in [-0.2, 0) is 0 Å². The molecule has 1 saturated heterocycles. The monoisotopic (exact) mass is 192 g/mol. The van der Waals surface area contributed by atoms with Crippen molar-refractivity contribution in [2.75, 3.05) is 19.6 Å². The molecule has 0 amide bonds. The maximum atomic E-state index is 4.26. The van der Waals surface area contributed by atoms with E-state index >= 15 is 0 Å². The topological polar surface area (TPSA) is 15.6 Å². The Morgan fingerprint density at radius 3 is 2.71 bits per heavy atom. The molecule has 0 spiro atoms. The highest BCUT2D eigenvalue weighted by Gasteiger charge is 2.31. The van der Waals surface area contributed by atoms with Gasteiger partial charge in [-0.2, -0.15) is 0 Å². The summed E-state index contributed by atoms with van der Waals surface area (Å²) in [5.74, 6) is 0.761. The molecule has 0 saturated carbocycles. The highest BCUT2D eigenvalue weighted by molar-refractivity contribution is 5.75. The second-order valence-electron chi connectivity index (χ2n) is 5.33. The molecule has 1 unspecified atom stereocenters. The van der Waals surface area contributed by atoms with Crippen molar-refractivity contribution in [2.24, 2.45) is 10.9 Å². The van der Waals surface area contributed by atoms with E-state index in [4.69, 9.17) is 0 Å². The Bertz CT molecular complexity index is 271. The van der Waals surface area contributed by atoms with E-state index in [2.05, 4.69) is 36.7 Å². The van der Waals surface area contributed by atoms with Crippen LogP contribution in [0.2, 0.25) is 0 Å². The van der Waals surface area contributed by atoms with Crippen LogP contribution in [0.25, 0.3) is 0 Å². The number of hydrogen-bond donors (Lipinski definition) is 0. The number of rotatable bonds is 1. The van der Waals surface area contributed by atoms with Gasteiger partial charge in [-0.15, -0.1) is 0 Å². The van der Waals surface area contributed by atoms with Crippen LogP contribution in [0, 0.1) is 5.92 Å². The van der Waals surface area contributed by atoms with Crippen molar-refractivity contribution >= 4 is 6.21 Å². The summed E-state index contributed by atoms with van der Waals surface area (Å²) < 4.78 is 0. The van der Waals surface area contributed by atoms with Gasteiger partial charge in [0.15, 0.2) is 0 Å². The Morgan fingerprint density at radius 2 is 2.21 bits per heavy atom. The molecule has 0 bridgehead atoms. The zero-order valence-electron chi connectivity index (χ0n) is 9.45. The second kappa shape index (κ2) is 3.50. The Balaban J connectivity index is 1.95. The Kier molecular flexibility index (Phi) is 2.48. The first-order valence-electron chi connectivity index (χ1n) is 5.51. The van der Waals surface area contributed by atoms with Crippen LogP contribution in [-0.4, -0.2) is 36.3 Å². The fourth-order valence-electron chi connectivity index (χ4n) is 2.30. The molecule has 2 heteroatoms. The smallest absolute Gasteiger partial charge is 0.0606 e. The van der Waals surface area contributed by atoms with Crippen molar-refractivity contribution in [3.05, 3.63) is 11.6 Å². The Morgan fingerprint density at radius 1 is 1.43 bits per heavy atom. The van der Waals surface area contributed by atoms with Crippen LogP contribution in [0.15, 0.2) is 16.6 Å². The third kappa shape index (κ3) is 1.90. The van der Waals surface area contributed by atoms with E-state index < -0.39 is 0 Å². The van der Waals surface area contributed by atoms with Gasteiger partial charge in [-0.3, -0.25) is 9.89 Å². The molecule has 2 heterocycles. The fourth-order valence-corrected chi connectivity index (χ4v) is 2.30. The van der Waals surface area contributed by atoms with E-state index in [1.807, 2.05) is 6.21 Å². The molecule has 2 nitrogen and oxygen atoms in total. The number of nitrogens with zero attached hydrogens (tertiary/aromatic N) is 2. The summed E-state index contributed by atoms with van der Waals surface area (Å²) >= 11 is 0. The third-order valence-electron chi connectivity index (χ3n) is 3.33. The Labute approximate surface area is 86.7 Å². The summed E-state index contributed by atoms with van der Waals surface area (Å²) in [6.07, 6.45) is 5.47. The maximum Gasteiger partial charge on any atom is 0.0606 e. The minimum absolute atomic E-state index is 0.328. The lowest BCUT2D eigenvalue weighted by molar-refractivity contribution is 0.170. The summed E-state index contributed by atoms with van der Waals surface area (Å²) in [7, 11) is 0. The number of likely N-dealkylation sites (tertiary alicyclic amines) is 1. The summed E-state index contributed by atoms with van der Waals surface area (Å²) in [4.78, 5) is 6.84. The molecule has 2 aliphatic rings. The zero-order valence-corrected chi connectivity index (χ0v) is 9.45. The first-order valence-corrected chi connectivity index (χ1v) is 5.51. The SMILES string of the molecule is CC(C)(C)N1CCC(C2=CC=NC2)C1. The molecule has 0 aliphatic carbocycles. The van der Waals surface area contributed by atoms with Gasteiger partial charge in [-0.25, -0.2) is 0 Å². The van der Waals surface area contributed by atoms with Gasteiger partial charge in [0, 0.05) is 18.3 Å². The van der Waals surface area contributed by atoms with E-state index in [-0.39, 0.29) is 0 Å². The third-order valence-corrected chi connectivity index (χ3v) is 3.33. The van der Waals surface area contributed by atoms with Crippen molar-refractivity contribution < 1.29 is 0 Å². The lowest BCUT2D eigenvalue weighted by Crippen LogP contribution is -2.39. The molecule has 2 rings (SSSR count). The molecule has 1 atom stereocenters. The van der Waals surface area contributed by atoms with Crippen molar-refractivity contribution in [1.82, 2.24) is 4.90 Å². The van der Waals surface area contributed by atoms with Gasteiger partial charge >= 0.3 is 0 Å². The molecule has 14 heavy (non-hydrogen) atoms. The predicted octanol–water partition coefficient (Wildman–Crippen LogP) is 2.12. The second-order valence-corrected chi connectivity index (χ2v) is 5.33. The van der Waals surface area contributed by atoms with Gasteiger partial charge < -0.3 is 0 Å². The first-order chi connectivity index (χ1) is 6.57. The lowest BCUT2D eigenvalue weighted by atomic mass is 9.99. The highest BCUT2D eigenvalue weighted by Crippen LogP contribution is 2.29. The van der Waals surface area contributed by atoms with Gasteiger partial charge in [0.05, 0.1) is 6.54 Å². The van der Waals surface area contributed by atoms with Crippen LogP contribution in [0.1, 0.15) is 27.2 Å². The minimum Gasteiger partial charge on any atom is -0.298 e. The quantitative estimate of drug-likeness (QED) is 0.621. The molecule has 2 aliphatic heterocycles. The minimum atomic E-state index is 0.328. The van der Waals surface area contributed by atoms with Gasteiger partial charge in [-0.1, -0.05) is 0 Å². The zero-order chi connectivity index (χ0) is 10.2. The van der Waals surface area contributed by atoms with Crippen molar-refractivity contribution in [1.29, 1.82) is 0 Å². The van der Waals surface area contributed by atoms with Crippen molar-refractivity contribution in [2.45, 2.75) is 32.7 Å². The van der Waals surface area contributed by atoms with Crippen molar-refractivity contribution in [3.63, 3.8) is 0 Å². The van der Waals surface area contributed by atoms with Crippen LogP contribution < -0.4 is 0 Å². The average molecular weight is 192 g/mol. The molecule has 0 radical (unpaired) electrons. The summed E-state index contributed by atoms with van der Waals surface area (Å²) in [5, 5.41) is 0. The van der Waals surface area contributed by atoms with Crippen LogP contribution in [0.5, 0.6) is 0 Å². The predicted molar refractivity (Wildman–Crippen MR) is 60.9 cm³/mol. The van der Waals surface area contributed by atoms with Crippen LogP contribution in [0.4, 0.5) is 0 Å². The van der Waals surface area contributed by atoms with E-state index in [0.29, 0.717) is 5.54 Å². The summed E-state index contributed by atoms with van der Waals surface area (Å²) in [6, 6.07) is 0. The van der Waals surface area contributed by atoms with Crippen LogP contribution in [0.3, 0.4) is 0 Å². The largest absolute Gasteiger partial charge is 0.298 e. The fraction of sp³-hybridized carbons (Fsp3) is 0.750. The normalized spacial score (nSPS) is 28.5. The van der Waals surface area contributed by atoms with Gasteiger partial charge in [0.2, 0.25) is 0 Å². The Hall–Kier alpha value is -0.630. The van der Waals surface area contributed by atoms with E-state index in [1.54, 1.807) is 0 Å². The maximum absolute atomic E-state index is 4.26. The summed E-state index contributed by atoms with van der Waals surface area (Å²) in [5.41, 5.74) is 1.87. The summed E-state index contributed by atoms with van der Waals surface area (Å²) in [6.45, 7) is 10.3. The van der Waals surface area contributed by atoms with Crippen LogP contribution >= 0.6 is 0 Å². The number of aliphatic imine (C=N–C) groups is 1. The van der Waals surface area contributed by atoms with E-state index in [0.717, 1.165) is 12.5 Å². The molecule has 0 N–H and O–H groups in total. The van der Waals surface area contributed by atoms with Gasteiger partial charge in [0.1, 0.15) is 0 Å². The molecule has 0 aromatic rings. The molecular weight excluding hydrogens is 172 g/mol. The molecule has 0 aromatic heterocycles. The molecule has 78 valence electrons. The molecule has 1 fully saturated rings. The lowest BCUT2D eigenvalue weighted by Gasteiger charge is -2.31. The standard InChI is InChI=1S/C12H20N2/c1-12(2,3)14-7-5-11(9-14)10-4-6-13-8-10/h4,6,11H,5,7-9H2,1-3H3. The first kappa shape index (κ1) is 9.91. The number of hydrogen-bond acceptors (Lipinski definition) is 2.